The molecule has 0 radical (unpaired) electrons. The molecule has 0 aromatic heterocycles. The molecule has 2 rings (SSSR count). The third kappa shape index (κ3) is 7.98. The van der Waals surface area contributed by atoms with E-state index in [2.05, 4.69) is 41.0 Å². The summed E-state index contributed by atoms with van der Waals surface area (Å²) >= 11 is 0. The number of aliphatic hydroxyl groups excluding tert-OH is 1. The molecule has 1 aromatic rings. The molecule has 1 saturated heterocycles. The number of hydrogen-bond donors (Lipinski definition) is 2. The van der Waals surface area contributed by atoms with Crippen LogP contribution < -0.4 is 5.73 Å². The summed E-state index contributed by atoms with van der Waals surface area (Å²) in [6.07, 6.45) is 2.93. The van der Waals surface area contributed by atoms with Gasteiger partial charge >= 0.3 is 0 Å². The molecule has 3 N–H and O–H groups in total. The summed E-state index contributed by atoms with van der Waals surface area (Å²) in [4.78, 5) is 2.44. The number of aliphatic hydroxyl groups is 1. The van der Waals surface area contributed by atoms with Crippen molar-refractivity contribution in [3.05, 3.63) is 35.9 Å². The molecule has 1 unspecified atom stereocenters. The Hall–Kier alpha value is -0.900. The highest BCUT2D eigenvalue weighted by Crippen LogP contribution is 2.13. The van der Waals surface area contributed by atoms with Crippen LogP contribution in [0.3, 0.4) is 0 Å². The van der Waals surface area contributed by atoms with E-state index in [1.54, 1.807) is 0 Å². The van der Waals surface area contributed by atoms with Crippen molar-refractivity contribution in [2.24, 2.45) is 5.73 Å². The topological polar surface area (TPSA) is 49.5 Å². The predicted octanol–water partition coefficient (Wildman–Crippen LogP) is 2.63. The fraction of sp³-hybridized carbons (Fsp3) is 0.625. The van der Waals surface area contributed by atoms with Gasteiger partial charge in [0.2, 0.25) is 0 Å². The maximum atomic E-state index is 9.55. The molecule has 1 atom stereocenters. The van der Waals surface area contributed by atoms with Crippen LogP contribution in [0.4, 0.5) is 0 Å². The standard InChI is InChI=1S/C13H19NO.C2H6.CH5N/c15-13-7-4-9-14(10-8-13)11-12-5-2-1-3-6-12;2*1-2/h1-3,5-6,13,15H,4,7-11H2;1-2H3;2H2,1H3. The van der Waals surface area contributed by atoms with E-state index in [1.807, 2.05) is 13.8 Å². The first-order chi connectivity index (χ1) is 9.34. The molecule has 3 heteroatoms. The second-order valence-corrected chi connectivity index (χ2v) is 4.35. The van der Waals surface area contributed by atoms with Gasteiger partial charge in [-0.3, -0.25) is 4.90 Å². The van der Waals surface area contributed by atoms with E-state index >= 15 is 0 Å². The number of likely N-dealkylation sites (tertiary alicyclic amines) is 1. The molecule has 0 aliphatic carbocycles. The Balaban J connectivity index is 0.000000741. The lowest BCUT2D eigenvalue weighted by Gasteiger charge is -2.19. The van der Waals surface area contributed by atoms with E-state index in [4.69, 9.17) is 0 Å². The minimum Gasteiger partial charge on any atom is -0.393 e. The van der Waals surface area contributed by atoms with Crippen LogP contribution in [0.2, 0.25) is 0 Å². The second kappa shape index (κ2) is 12.2. The van der Waals surface area contributed by atoms with Crippen LogP contribution >= 0.6 is 0 Å². The third-order valence-corrected chi connectivity index (χ3v) is 3.04. The Morgan fingerprint density at radius 3 is 2.37 bits per heavy atom. The molecule has 3 nitrogen and oxygen atoms in total. The van der Waals surface area contributed by atoms with Crippen LogP contribution in [-0.2, 0) is 6.54 Å². The van der Waals surface area contributed by atoms with E-state index in [1.165, 1.54) is 12.6 Å². The SMILES string of the molecule is CC.CN.OC1CCCN(Cc2ccccc2)CC1. The number of benzene rings is 1. The Morgan fingerprint density at radius 1 is 1.11 bits per heavy atom. The number of nitrogens with two attached hydrogens (primary N) is 1. The lowest BCUT2D eigenvalue weighted by Crippen LogP contribution is -2.24. The summed E-state index contributed by atoms with van der Waals surface area (Å²) in [5.74, 6) is 0. The lowest BCUT2D eigenvalue weighted by molar-refractivity contribution is 0.154. The van der Waals surface area contributed by atoms with Crippen molar-refractivity contribution >= 4 is 0 Å². The molecule has 1 aliphatic heterocycles. The quantitative estimate of drug-likeness (QED) is 0.865. The monoisotopic (exact) mass is 266 g/mol. The average molecular weight is 266 g/mol. The van der Waals surface area contributed by atoms with E-state index in [0.29, 0.717) is 0 Å². The average Bonchev–Trinajstić information content (AvgIpc) is 2.69. The highest BCUT2D eigenvalue weighted by molar-refractivity contribution is 5.14. The van der Waals surface area contributed by atoms with Gasteiger partial charge in [0.05, 0.1) is 6.10 Å². The van der Waals surface area contributed by atoms with Gasteiger partial charge in [0.1, 0.15) is 0 Å². The van der Waals surface area contributed by atoms with Crippen LogP contribution in [0.25, 0.3) is 0 Å². The molecular weight excluding hydrogens is 236 g/mol. The summed E-state index contributed by atoms with van der Waals surface area (Å²) in [6.45, 7) is 7.16. The van der Waals surface area contributed by atoms with Crippen molar-refractivity contribution in [1.29, 1.82) is 0 Å². The normalized spacial score (nSPS) is 19.3. The maximum Gasteiger partial charge on any atom is 0.0553 e. The number of nitrogens with zero attached hydrogens (tertiary/aromatic N) is 1. The zero-order chi connectivity index (χ0) is 14.5. The van der Waals surface area contributed by atoms with Gasteiger partial charge in [0.25, 0.3) is 0 Å². The van der Waals surface area contributed by atoms with Crippen LogP contribution in [0, 0.1) is 0 Å². The fourth-order valence-electron chi connectivity index (χ4n) is 2.14. The fourth-order valence-corrected chi connectivity index (χ4v) is 2.14. The van der Waals surface area contributed by atoms with Crippen LogP contribution in [0.1, 0.15) is 38.7 Å². The van der Waals surface area contributed by atoms with Crippen LogP contribution in [0.5, 0.6) is 0 Å². The number of rotatable bonds is 2. The maximum absolute atomic E-state index is 9.55. The lowest BCUT2D eigenvalue weighted by atomic mass is 10.2. The highest BCUT2D eigenvalue weighted by Gasteiger charge is 2.14. The molecule has 1 aromatic carbocycles. The Labute approximate surface area is 118 Å². The summed E-state index contributed by atoms with van der Waals surface area (Å²) in [7, 11) is 1.50. The van der Waals surface area contributed by atoms with E-state index in [-0.39, 0.29) is 6.10 Å². The van der Waals surface area contributed by atoms with Gasteiger partial charge in [-0.05, 0) is 38.4 Å². The largest absolute Gasteiger partial charge is 0.393 e. The molecule has 0 saturated carbocycles. The smallest absolute Gasteiger partial charge is 0.0553 e. The Kier molecular flexibility index (Phi) is 11.6. The molecule has 1 fully saturated rings. The first-order valence-electron chi connectivity index (χ1n) is 7.36. The van der Waals surface area contributed by atoms with Crippen molar-refractivity contribution in [2.45, 2.75) is 45.8 Å². The first kappa shape index (κ1) is 18.1. The summed E-state index contributed by atoms with van der Waals surface area (Å²) in [6, 6.07) is 10.6. The third-order valence-electron chi connectivity index (χ3n) is 3.04. The minimum absolute atomic E-state index is 0.0780. The highest BCUT2D eigenvalue weighted by atomic mass is 16.3. The zero-order valence-electron chi connectivity index (χ0n) is 12.7. The molecule has 1 aliphatic rings. The van der Waals surface area contributed by atoms with Crippen molar-refractivity contribution in [3.8, 4) is 0 Å². The molecule has 110 valence electrons. The zero-order valence-corrected chi connectivity index (χ0v) is 12.7. The van der Waals surface area contributed by atoms with E-state index < -0.39 is 0 Å². The Bertz CT molecular complexity index is 290. The summed E-state index contributed by atoms with van der Waals surface area (Å²) < 4.78 is 0. The van der Waals surface area contributed by atoms with E-state index in [0.717, 1.165) is 38.9 Å². The summed E-state index contributed by atoms with van der Waals surface area (Å²) in [5, 5.41) is 9.55. The van der Waals surface area contributed by atoms with Gasteiger partial charge in [-0.1, -0.05) is 44.2 Å². The van der Waals surface area contributed by atoms with Gasteiger partial charge in [-0.2, -0.15) is 0 Å². The molecule has 1 heterocycles. The van der Waals surface area contributed by atoms with Gasteiger partial charge in [0, 0.05) is 13.1 Å². The Morgan fingerprint density at radius 2 is 1.74 bits per heavy atom. The predicted molar refractivity (Wildman–Crippen MR) is 83.0 cm³/mol. The van der Waals surface area contributed by atoms with Gasteiger partial charge in [-0.15, -0.1) is 0 Å². The van der Waals surface area contributed by atoms with Crippen LogP contribution in [-0.4, -0.2) is 36.2 Å². The second-order valence-electron chi connectivity index (χ2n) is 4.35. The van der Waals surface area contributed by atoms with E-state index in [9.17, 15) is 5.11 Å². The summed E-state index contributed by atoms with van der Waals surface area (Å²) in [5.41, 5.74) is 5.87. The van der Waals surface area contributed by atoms with Crippen molar-refractivity contribution in [1.82, 2.24) is 4.90 Å². The molecule has 19 heavy (non-hydrogen) atoms. The molecular formula is C16H30N2O. The van der Waals surface area contributed by atoms with Crippen molar-refractivity contribution < 1.29 is 5.11 Å². The number of hydrogen-bond acceptors (Lipinski definition) is 3. The van der Waals surface area contributed by atoms with Crippen molar-refractivity contribution in [2.75, 3.05) is 20.1 Å². The molecule has 0 spiro atoms. The van der Waals surface area contributed by atoms with Gasteiger partial charge < -0.3 is 10.8 Å². The van der Waals surface area contributed by atoms with Crippen molar-refractivity contribution in [3.63, 3.8) is 0 Å². The first-order valence-corrected chi connectivity index (χ1v) is 7.36. The van der Waals surface area contributed by atoms with Gasteiger partial charge in [-0.25, -0.2) is 0 Å². The van der Waals surface area contributed by atoms with Gasteiger partial charge in [0.15, 0.2) is 0 Å². The minimum atomic E-state index is -0.0780. The molecule has 0 amide bonds. The van der Waals surface area contributed by atoms with Crippen LogP contribution in [0.15, 0.2) is 30.3 Å². The molecule has 0 bridgehead atoms.